The zero-order chi connectivity index (χ0) is 9.68. The fourth-order valence-electron chi connectivity index (χ4n) is 1.44. The number of likely N-dealkylation sites (tertiary alicyclic amines) is 1. The van der Waals surface area contributed by atoms with Crippen LogP contribution in [-0.2, 0) is 4.79 Å². The van der Waals surface area contributed by atoms with E-state index in [4.69, 9.17) is 0 Å². The van der Waals surface area contributed by atoms with E-state index in [1.165, 1.54) is 0 Å². The molecular formula is C9H13F2NO. The number of rotatable bonds is 2. The number of carbonyl (C=O) groups excluding carboxylic acids is 1. The maximum absolute atomic E-state index is 11.7. The minimum absolute atomic E-state index is 0.164. The molecule has 0 aliphatic carbocycles. The monoisotopic (exact) mass is 189 g/mol. The van der Waals surface area contributed by atoms with Crippen molar-refractivity contribution in [2.24, 2.45) is 0 Å². The molecule has 2 nitrogen and oxygen atoms in total. The first-order chi connectivity index (χ1) is 6.20. The predicted molar refractivity (Wildman–Crippen MR) is 45.3 cm³/mol. The number of carbonyl (C=O) groups is 1. The second-order valence-electron chi connectivity index (χ2n) is 3.14. The van der Waals surface area contributed by atoms with Gasteiger partial charge in [0.1, 0.15) is 0 Å². The summed E-state index contributed by atoms with van der Waals surface area (Å²) in [6.07, 6.45) is 1.86. The van der Waals surface area contributed by atoms with Gasteiger partial charge in [0.2, 0.25) is 5.91 Å². The minimum Gasteiger partial charge on any atom is -0.342 e. The van der Waals surface area contributed by atoms with Crippen molar-refractivity contribution in [2.45, 2.75) is 25.7 Å². The van der Waals surface area contributed by atoms with Crippen molar-refractivity contribution in [3.05, 3.63) is 12.2 Å². The fraction of sp³-hybridized carbons (Fsp3) is 0.667. The van der Waals surface area contributed by atoms with E-state index in [2.05, 4.69) is 0 Å². The maximum atomic E-state index is 11.7. The number of nitrogens with zero attached hydrogens (tertiary/aromatic N) is 1. The van der Waals surface area contributed by atoms with Crippen LogP contribution in [0.15, 0.2) is 12.2 Å². The Morgan fingerprint density at radius 2 is 1.85 bits per heavy atom. The van der Waals surface area contributed by atoms with Gasteiger partial charge in [-0.25, -0.2) is 0 Å². The summed E-state index contributed by atoms with van der Waals surface area (Å²) in [6, 6.07) is 0. The summed E-state index contributed by atoms with van der Waals surface area (Å²) in [5, 5.41) is 0. The van der Waals surface area contributed by atoms with E-state index < -0.39 is 6.08 Å². The molecule has 0 spiro atoms. The van der Waals surface area contributed by atoms with Crippen LogP contribution >= 0.6 is 0 Å². The van der Waals surface area contributed by atoms with Gasteiger partial charge in [-0.3, -0.25) is 4.79 Å². The Balaban J connectivity index is 2.33. The molecular weight excluding hydrogens is 176 g/mol. The molecule has 0 radical (unpaired) electrons. The Labute approximate surface area is 76.2 Å². The summed E-state index contributed by atoms with van der Waals surface area (Å²) in [6.45, 7) is 1.45. The van der Waals surface area contributed by atoms with E-state index in [0.29, 0.717) is 6.08 Å². The lowest BCUT2D eigenvalue weighted by Crippen LogP contribution is -2.35. The van der Waals surface area contributed by atoms with Gasteiger partial charge in [0.25, 0.3) is 6.08 Å². The van der Waals surface area contributed by atoms with Crippen molar-refractivity contribution < 1.29 is 13.6 Å². The molecule has 1 saturated heterocycles. The fourth-order valence-corrected chi connectivity index (χ4v) is 1.44. The van der Waals surface area contributed by atoms with E-state index in [-0.39, 0.29) is 12.3 Å². The van der Waals surface area contributed by atoms with Crippen molar-refractivity contribution in [1.82, 2.24) is 4.90 Å². The highest BCUT2D eigenvalue weighted by atomic mass is 19.3. The van der Waals surface area contributed by atoms with Crippen molar-refractivity contribution in [3.8, 4) is 0 Å². The third-order valence-corrected chi connectivity index (χ3v) is 2.14. The van der Waals surface area contributed by atoms with Gasteiger partial charge in [-0.2, -0.15) is 8.78 Å². The lowest BCUT2D eigenvalue weighted by atomic mass is 10.1. The summed E-state index contributed by atoms with van der Waals surface area (Å²) in [5.41, 5.74) is 0. The molecule has 0 aromatic carbocycles. The molecule has 4 heteroatoms. The third-order valence-electron chi connectivity index (χ3n) is 2.14. The average molecular weight is 189 g/mol. The van der Waals surface area contributed by atoms with Crippen molar-refractivity contribution in [1.29, 1.82) is 0 Å². The second kappa shape index (κ2) is 4.94. The highest BCUT2D eigenvalue weighted by molar-refractivity contribution is 5.77. The van der Waals surface area contributed by atoms with Crippen LogP contribution in [-0.4, -0.2) is 23.9 Å². The summed E-state index contributed by atoms with van der Waals surface area (Å²) >= 11 is 0. The first-order valence-electron chi connectivity index (χ1n) is 4.49. The molecule has 74 valence electrons. The number of piperidine rings is 1. The predicted octanol–water partition coefficient (Wildman–Crippen LogP) is 2.17. The smallest absolute Gasteiger partial charge is 0.266 e. The molecule has 1 heterocycles. The van der Waals surface area contributed by atoms with Crippen LogP contribution < -0.4 is 0 Å². The molecule has 0 N–H and O–H groups in total. The molecule has 0 bridgehead atoms. The molecule has 0 unspecified atom stereocenters. The van der Waals surface area contributed by atoms with Crippen LogP contribution in [0.25, 0.3) is 0 Å². The Kier molecular flexibility index (Phi) is 3.86. The summed E-state index contributed by atoms with van der Waals surface area (Å²) in [4.78, 5) is 12.9. The molecule has 1 aliphatic rings. The van der Waals surface area contributed by atoms with E-state index in [1.54, 1.807) is 4.90 Å². The standard InChI is InChI=1S/C9H13F2NO/c10-8(11)4-5-9(13)12-6-2-1-3-7-12/h4H,1-3,5-7H2. The van der Waals surface area contributed by atoms with E-state index in [0.717, 1.165) is 32.4 Å². The van der Waals surface area contributed by atoms with Gasteiger partial charge in [0, 0.05) is 13.1 Å². The van der Waals surface area contributed by atoms with E-state index >= 15 is 0 Å². The Morgan fingerprint density at radius 3 is 2.38 bits per heavy atom. The van der Waals surface area contributed by atoms with Gasteiger partial charge in [-0.05, 0) is 25.3 Å². The van der Waals surface area contributed by atoms with Crippen molar-refractivity contribution in [3.63, 3.8) is 0 Å². The first kappa shape index (κ1) is 10.2. The Bertz CT molecular complexity index is 206. The van der Waals surface area contributed by atoms with E-state index in [1.807, 2.05) is 0 Å². The summed E-state index contributed by atoms with van der Waals surface area (Å²) in [7, 11) is 0. The molecule has 1 rings (SSSR count). The molecule has 1 aliphatic heterocycles. The first-order valence-corrected chi connectivity index (χ1v) is 4.49. The number of hydrogen-bond acceptors (Lipinski definition) is 1. The average Bonchev–Trinajstić information content (AvgIpc) is 2.15. The Hall–Kier alpha value is -0.930. The second-order valence-corrected chi connectivity index (χ2v) is 3.14. The zero-order valence-corrected chi connectivity index (χ0v) is 7.43. The van der Waals surface area contributed by atoms with Gasteiger partial charge in [-0.15, -0.1) is 0 Å². The molecule has 1 fully saturated rings. The Morgan fingerprint density at radius 1 is 1.23 bits per heavy atom. The van der Waals surface area contributed by atoms with Crippen LogP contribution in [0, 0.1) is 0 Å². The topological polar surface area (TPSA) is 20.3 Å². The number of amides is 1. The van der Waals surface area contributed by atoms with Gasteiger partial charge in [0.15, 0.2) is 0 Å². The van der Waals surface area contributed by atoms with E-state index in [9.17, 15) is 13.6 Å². The zero-order valence-electron chi connectivity index (χ0n) is 7.43. The van der Waals surface area contributed by atoms with Crippen molar-refractivity contribution in [2.75, 3.05) is 13.1 Å². The highest BCUT2D eigenvalue weighted by Gasteiger charge is 2.15. The lowest BCUT2D eigenvalue weighted by molar-refractivity contribution is -0.131. The van der Waals surface area contributed by atoms with Crippen LogP contribution in [0.4, 0.5) is 8.78 Å². The van der Waals surface area contributed by atoms with Crippen LogP contribution in [0.5, 0.6) is 0 Å². The lowest BCUT2D eigenvalue weighted by Gasteiger charge is -2.26. The molecule has 0 atom stereocenters. The number of halogens is 2. The molecule has 0 saturated carbocycles. The maximum Gasteiger partial charge on any atom is 0.266 e. The largest absolute Gasteiger partial charge is 0.342 e. The molecule has 1 amide bonds. The summed E-state index contributed by atoms with van der Waals surface area (Å²) < 4.78 is 23.3. The van der Waals surface area contributed by atoms with Gasteiger partial charge >= 0.3 is 0 Å². The van der Waals surface area contributed by atoms with Crippen LogP contribution in [0.1, 0.15) is 25.7 Å². The van der Waals surface area contributed by atoms with Gasteiger partial charge in [0.05, 0.1) is 6.42 Å². The SMILES string of the molecule is O=C(CC=C(F)F)N1CCCCC1. The minimum atomic E-state index is -1.77. The molecule has 0 aromatic heterocycles. The molecule has 13 heavy (non-hydrogen) atoms. The number of hydrogen-bond donors (Lipinski definition) is 0. The highest BCUT2D eigenvalue weighted by Crippen LogP contribution is 2.10. The van der Waals surface area contributed by atoms with Crippen molar-refractivity contribution >= 4 is 5.91 Å². The van der Waals surface area contributed by atoms with Crippen LogP contribution in [0.2, 0.25) is 0 Å². The summed E-state index contributed by atoms with van der Waals surface area (Å²) in [5.74, 6) is -0.187. The third kappa shape index (κ3) is 3.53. The quantitative estimate of drug-likeness (QED) is 0.652. The van der Waals surface area contributed by atoms with Gasteiger partial charge < -0.3 is 4.90 Å². The van der Waals surface area contributed by atoms with Crippen LogP contribution in [0.3, 0.4) is 0 Å². The molecule has 0 aromatic rings. The van der Waals surface area contributed by atoms with Gasteiger partial charge in [-0.1, -0.05) is 0 Å². The normalized spacial score (nSPS) is 16.9.